The maximum Gasteiger partial charge on any atom is 0.234 e. The van der Waals surface area contributed by atoms with Gasteiger partial charge in [-0.25, -0.2) is 0 Å². The fourth-order valence-corrected chi connectivity index (χ4v) is 3.70. The number of nitrogens with zero attached hydrogens (tertiary/aromatic N) is 2. The van der Waals surface area contributed by atoms with Crippen LogP contribution in [-0.2, 0) is 16.2 Å². The number of nitrogens with one attached hydrogen (secondary N) is 2. The van der Waals surface area contributed by atoms with Gasteiger partial charge in [-0.05, 0) is 50.0 Å². The van der Waals surface area contributed by atoms with Crippen LogP contribution in [0.15, 0.2) is 36.7 Å². The molecule has 0 aliphatic carbocycles. The van der Waals surface area contributed by atoms with Crippen LogP contribution in [0.25, 0.3) is 0 Å². The van der Waals surface area contributed by atoms with Gasteiger partial charge in [-0.3, -0.25) is 19.6 Å². The number of carbonyl (C=O) groups is 2. The average molecular weight is 368 g/mol. The number of amides is 2. The van der Waals surface area contributed by atoms with E-state index in [1.54, 1.807) is 0 Å². The third-order valence-electron chi connectivity index (χ3n) is 5.26. The van der Waals surface area contributed by atoms with E-state index >= 15 is 0 Å². The van der Waals surface area contributed by atoms with Crippen LogP contribution in [-0.4, -0.2) is 34.7 Å². The molecule has 2 fully saturated rings. The van der Waals surface area contributed by atoms with Gasteiger partial charge in [-0.15, -0.1) is 0 Å². The number of benzene rings is 1. The Morgan fingerprint density at radius 1 is 1.11 bits per heavy atom. The minimum absolute atomic E-state index is 0.193. The first-order chi connectivity index (χ1) is 13.2. The minimum Gasteiger partial charge on any atom is -0.489 e. The molecule has 1 aromatic heterocycles. The number of aromatic nitrogens is 2. The Kier molecular flexibility index (Phi) is 5.20. The van der Waals surface area contributed by atoms with E-state index in [2.05, 4.69) is 21.9 Å². The Hall–Kier alpha value is -2.67. The molecule has 0 spiro atoms. The van der Waals surface area contributed by atoms with Gasteiger partial charge in [0.15, 0.2) is 0 Å². The zero-order valence-corrected chi connectivity index (χ0v) is 15.2. The summed E-state index contributed by atoms with van der Waals surface area (Å²) in [5.41, 5.74) is 1.95. The van der Waals surface area contributed by atoms with Crippen LogP contribution in [0, 0.1) is 0 Å². The smallest absolute Gasteiger partial charge is 0.234 e. The minimum atomic E-state index is -0.264. The zero-order valence-electron chi connectivity index (χ0n) is 15.2. The Balaban J connectivity index is 1.33. The van der Waals surface area contributed by atoms with E-state index in [0.717, 1.165) is 42.8 Å². The SMILES string of the molecule is O=C1CCC(c2ccc(OCc3cnn(C4CCNCC4)c3)cc2)C(=O)N1. The lowest BCUT2D eigenvalue weighted by Crippen LogP contribution is -2.39. The summed E-state index contributed by atoms with van der Waals surface area (Å²) in [6.45, 7) is 2.54. The summed E-state index contributed by atoms with van der Waals surface area (Å²) < 4.78 is 7.91. The summed E-state index contributed by atoms with van der Waals surface area (Å²) in [4.78, 5) is 23.2. The molecule has 7 heteroatoms. The highest BCUT2D eigenvalue weighted by Crippen LogP contribution is 2.26. The van der Waals surface area contributed by atoms with Crippen LogP contribution >= 0.6 is 0 Å². The summed E-state index contributed by atoms with van der Waals surface area (Å²) in [6.07, 6.45) is 7.07. The van der Waals surface area contributed by atoms with Crippen molar-refractivity contribution in [1.29, 1.82) is 0 Å². The van der Waals surface area contributed by atoms with E-state index in [1.807, 2.05) is 35.1 Å². The van der Waals surface area contributed by atoms with Gasteiger partial charge in [0.05, 0.1) is 18.2 Å². The molecule has 2 aromatic rings. The molecule has 3 heterocycles. The number of piperidine rings is 2. The van der Waals surface area contributed by atoms with Gasteiger partial charge in [0.1, 0.15) is 12.4 Å². The van der Waals surface area contributed by atoms with Crippen molar-refractivity contribution in [3.05, 3.63) is 47.8 Å². The van der Waals surface area contributed by atoms with Crippen LogP contribution in [0.1, 0.15) is 48.8 Å². The number of rotatable bonds is 5. The van der Waals surface area contributed by atoms with Gasteiger partial charge in [0, 0.05) is 18.2 Å². The molecule has 142 valence electrons. The van der Waals surface area contributed by atoms with E-state index in [4.69, 9.17) is 4.74 Å². The Bertz CT molecular complexity index is 809. The highest BCUT2D eigenvalue weighted by Gasteiger charge is 2.27. The monoisotopic (exact) mass is 368 g/mol. The van der Waals surface area contributed by atoms with Crippen LogP contribution < -0.4 is 15.4 Å². The lowest BCUT2D eigenvalue weighted by molar-refractivity contribution is -0.134. The highest BCUT2D eigenvalue weighted by atomic mass is 16.5. The van der Waals surface area contributed by atoms with Gasteiger partial charge < -0.3 is 10.1 Å². The summed E-state index contributed by atoms with van der Waals surface area (Å²) in [6, 6.07) is 8.00. The first kappa shape index (κ1) is 17.7. The third-order valence-corrected chi connectivity index (χ3v) is 5.26. The Labute approximate surface area is 158 Å². The van der Waals surface area contributed by atoms with Gasteiger partial charge in [-0.2, -0.15) is 5.10 Å². The molecule has 2 N–H and O–H groups in total. The second-order valence-electron chi connectivity index (χ2n) is 7.17. The number of ether oxygens (including phenoxy) is 1. The summed E-state index contributed by atoms with van der Waals surface area (Å²) in [5.74, 6) is 0.0760. The van der Waals surface area contributed by atoms with E-state index in [9.17, 15) is 9.59 Å². The Morgan fingerprint density at radius 3 is 2.63 bits per heavy atom. The maximum absolute atomic E-state index is 12.0. The van der Waals surface area contributed by atoms with Crippen LogP contribution in [0.5, 0.6) is 5.75 Å². The third kappa shape index (κ3) is 4.19. The molecule has 2 aliphatic rings. The fourth-order valence-electron chi connectivity index (χ4n) is 3.70. The second kappa shape index (κ2) is 7.92. The van der Waals surface area contributed by atoms with Crippen molar-refractivity contribution in [2.45, 2.75) is 44.2 Å². The predicted octanol–water partition coefficient (Wildman–Crippen LogP) is 1.91. The summed E-state index contributed by atoms with van der Waals surface area (Å²) >= 11 is 0. The number of hydrogen-bond donors (Lipinski definition) is 2. The molecule has 2 amide bonds. The molecule has 1 unspecified atom stereocenters. The molecule has 27 heavy (non-hydrogen) atoms. The van der Waals surface area contributed by atoms with Gasteiger partial charge >= 0.3 is 0 Å². The van der Waals surface area contributed by atoms with Crippen molar-refractivity contribution in [2.75, 3.05) is 13.1 Å². The van der Waals surface area contributed by atoms with Crippen LogP contribution in [0.2, 0.25) is 0 Å². The molecule has 1 atom stereocenters. The number of imide groups is 1. The van der Waals surface area contributed by atoms with E-state index in [-0.39, 0.29) is 17.7 Å². The van der Waals surface area contributed by atoms with Gasteiger partial charge in [-0.1, -0.05) is 12.1 Å². The number of hydrogen-bond acceptors (Lipinski definition) is 5. The first-order valence-corrected chi connectivity index (χ1v) is 9.49. The van der Waals surface area contributed by atoms with E-state index in [1.165, 1.54) is 0 Å². The molecule has 1 aromatic carbocycles. The molecule has 7 nitrogen and oxygen atoms in total. The molecule has 2 aliphatic heterocycles. The standard InChI is InChI=1S/C20H24N4O3/c25-19-6-5-18(20(26)23-19)15-1-3-17(4-2-15)27-13-14-11-22-24(12-14)16-7-9-21-10-8-16/h1-4,11-12,16,18,21H,5-10,13H2,(H,23,25,26). The largest absolute Gasteiger partial charge is 0.489 e. The Morgan fingerprint density at radius 2 is 1.89 bits per heavy atom. The van der Waals surface area contributed by atoms with Crippen molar-refractivity contribution in [3.8, 4) is 5.75 Å². The van der Waals surface area contributed by atoms with Crippen molar-refractivity contribution < 1.29 is 14.3 Å². The van der Waals surface area contributed by atoms with Gasteiger partial charge in [0.25, 0.3) is 0 Å². The van der Waals surface area contributed by atoms with Crippen LogP contribution in [0.3, 0.4) is 0 Å². The lowest BCUT2D eigenvalue weighted by Gasteiger charge is -2.22. The molecule has 0 saturated carbocycles. The van der Waals surface area contributed by atoms with E-state index in [0.29, 0.717) is 25.5 Å². The normalized spacial score (nSPS) is 21.1. The van der Waals surface area contributed by atoms with Crippen molar-refractivity contribution >= 4 is 11.8 Å². The molecule has 4 rings (SSSR count). The molecule has 0 bridgehead atoms. The summed E-state index contributed by atoms with van der Waals surface area (Å²) in [5, 5.41) is 10.2. The molecular weight excluding hydrogens is 344 g/mol. The fraction of sp³-hybridized carbons (Fsp3) is 0.450. The number of carbonyl (C=O) groups excluding carboxylic acids is 2. The average Bonchev–Trinajstić information content (AvgIpc) is 3.17. The summed E-state index contributed by atoms with van der Waals surface area (Å²) in [7, 11) is 0. The predicted molar refractivity (Wildman–Crippen MR) is 99.3 cm³/mol. The van der Waals surface area contributed by atoms with Gasteiger partial charge in [0.2, 0.25) is 11.8 Å². The quantitative estimate of drug-likeness (QED) is 0.788. The second-order valence-corrected chi connectivity index (χ2v) is 7.17. The molecule has 0 radical (unpaired) electrons. The van der Waals surface area contributed by atoms with Crippen molar-refractivity contribution in [1.82, 2.24) is 20.4 Å². The molecule has 2 saturated heterocycles. The topological polar surface area (TPSA) is 85.2 Å². The lowest BCUT2D eigenvalue weighted by atomic mass is 9.90. The van der Waals surface area contributed by atoms with E-state index < -0.39 is 0 Å². The van der Waals surface area contributed by atoms with Crippen LogP contribution in [0.4, 0.5) is 0 Å². The highest BCUT2D eigenvalue weighted by molar-refractivity contribution is 6.00. The van der Waals surface area contributed by atoms with Crippen molar-refractivity contribution in [2.24, 2.45) is 0 Å². The molecular formula is C20H24N4O3. The zero-order chi connectivity index (χ0) is 18.6. The maximum atomic E-state index is 12.0. The van der Waals surface area contributed by atoms with Crippen molar-refractivity contribution in [3.63, 3.8) is 0 Å². The first-order valence-electron chi connectivity index (χ1n) is 9.49.